The molecule has 0 aliphatic heterocycles. The summed E-state index contributed by atoms with van der Waals surface area (Å²) in [5.74, 6) is 3.20. The van der Waals surface area contributed by atoms with Gasteiger partial charge in [0.1, 0.15) is 18.1 Å². The van der Waals surface area contributed by atoms with Gasteiger partial charge in [0.25, 0.3) is 0 Å². The van der Waals surface area contributed by atoms with E-state index in [-0.39, 0.29) is 16.9 Å². The third-order valence-electron chi connectivity index (χ3n) is 7.46. The van der Waals surface area contributed by atoms with Crippen molar-refractivity contribution in [2.24, 2.45) is 23.2 Å². The average Bonchev–Trinajstić information content (AvgIpc) is 3.20. The molecule has 0 unspecified atom stereocenters. The summed E-state index contributed by atoms with van der Waals surface area (Å²) >= 11 is 0. The Morgan fingerprint density at radius 1 is 1.26 bits per heavy atom. The summed E-state index contributed by atoms with van der Waals surface area (Å²) in [7, 11) is 1.59. The number of nitro groups is 1. The van der Waals surface area contributed by atoms with Crippen LogP contribution in [0.4, 0.5) is 5.69 Å². The molecule has 0 atom stereocenters. The van der Waals surface area contributed by atoms with E-state index >= 15 is 0 Å². The van der Waals surface area contributed by atoms with Crippen LogP contribution < -0.4 is 4.74 Å². The van der Waals surface area contributed by atoms with Crippen molar-refractivity contribution < 1.29 is 14.5 Å². The molecule has 0 amide bonds. The van der Waals surface area contributed by atoms with Gasteiger partial charge in [-0.25, -0.2) is 0 Å². The van der Waals surface area contributed by atoms with Crippen molar-refractivity contribution in [1.82, 2.24) is 9.78 Å². The van der Waals surface area contributed by atoms with Gasteiger partial charge in [-0.05, 0) is 80.1 Å². The van der Waals surface area contributed by atoms with Gasteiger partial charge in [-0.15, -0.1) is 0 Å². The second-order valence-corrected chi connectivity index (χ2v) is 9.62. The maximum absolute atomic E-state index is 13.2. The molecule has 31 heavy (non-hydrogen) atoms. The molecule has 7 nitrogen and oxygen atoms in total. The number of methoxy groups -OCH3 is 1. The summed E-state index contributed by atoms with van der Waals surface area (Å²) in [6.07, 6.45) is 13.5. The smallest absolute Gasteiger partial charge is 0.307 e. The lowest BCUT2D eigenvalue weighted by Gasteiger charge is -2.55. The van der Waals surface area contributed by atoms with Crippen molar-refractivity contribution >= 4 is 17.5 Å². The fraction of sp³-hybridized carbons (Fsp3) is 0.500. The monoisotopic (exact) mass is 421 g/mol. The third kappa shape index (κ3) is 3.77. The first-order valence-electron chi connectivity index (χ1n) is 11.0. The van der Waals surface area contributed by atoms with Crippen molar-refractivity contribution in [3.05, 3.63) is 57.9 Å². The van der Waals surface area contributed by atoms with E-state index in [4.69, 9.17) is 4.74 Å². The van der Waals surface area contributed by atoms with Crippen LogP contribution in [-0.4, -0.2) is 27.6 Å². The second-order valence-electron chi connectivity index (χ2n) is 9.62. The number of aromatic nitrogens is 2. The molecule has 1 aromatic carbocycles. The van der Waals surface area contributed by atoms with Gasteiger partial charge in [0.2, 0.25) is 0 Å². The molecule has 4 aliphatic rings. The number of rotatable bonds is 7. The lowest BCUT2D eigenvalue weighted by Crippen LogP contribution is -2.49. The number of carbonyl (C=O) groups is 1. The number of hydrogen-bond donors (Lipinski definition) is 0. The zero-order chi connectivity index (χ0) is 21.6. The first-order chi connectivity index (χ1) is 14.9. The van der Waals surface area contributed by atoms with Crippen LogP contribution in [0.15, 0.2) is 36.7 Å². The molecule has 0 radical (unpaired) electrons. The average molecular weight is 421 g/mol. The molecule has 6 rings (SSSR count). The number of allylic oxidation sites excluding steroid dienone is 1. The molecule has 2 aromatic rings. The van der Waals surface area contributed by atoms with Crippen LogP contribution in [-0.2, 0) is 11.3 Å². The first-order valence-corrected chi connectivity index (χ1v) is 11.0. The van der Waals surface area contributed by atoms with Gasteiger partial charge in [0.15, 0.2) is 5.78 Å². The Kier molecular flexibility index (Phi) is 4.91. The van der Waals surface area contributed by atoms with Crippen LogP contribution in [0, 0.1) is 33.3 Å². The molecule has 4 saturated carbocycles. The standard InChI is InChI=1S/C24H27N3O4/c1-31-22-4-2-16(9-20(22)14-26-15-21(13-25-26)27(29)30)3-5-23(28)24-10-17-6-18(11-24)8-19(7-17)12-24/h2-5,9,13,15,17-19H,6-8,10-12,14H2,1H3. The first kappa shape index (κ1) is 20.0. The summed E-state index contributed by atoms with van der Waals surface area (Å²) in [4.78, 5) is 23.7. The summed E-state index contributed by atoms with van der Waals surface area (Å²) in [5.41, 5.74) is 1.59. The van der Waals surface area contributed by atoms with Crippen LogP contribution in [0.25, 0.3) is 6.08 Å². The van der Waals surface area contributed by atoms with Gasteiger partial charge in [-0.2, -0.15) is 5.10 Å². The van der Waals surface area contributed by atoms with Crippen molar-refractivity contribution in [2.45, 2.75) is 45.1 Å². The Morgan fingerprint density at radius 2 is 1.94 bits per heavy atom. The molecule has 4 aliphatic carbocycles. The lowest BCUT2D eigenvalue weighted by atomic mass is 9.48. The summed E-state index contributed by atoms with van der Waals surface area (Å²) < 4.78 is 6.97. The molecular weight excluding hydrogens is 394 g/mol. The predicted molar refractivity (Wildman–Crippen MR) is 116 cm³/mol. The van der Waals surface area contributed by atoms with Crippen LogP contribution >= 0.6 is 0 Å². The number of ketones is 1. The fourth-order valence-corrected chi connectivity index (χ4v) is 6.49. The summed E-state index contributed by atoms with van der Waals surface area (Å²) in [6, 6.07) is 5.75. The van der Waals surface area contributed by atoms with E-state index in [0.717, 1.165) is 48.1 Å². The third-order valence-corrected chi connectivity index (χ3v) is 7.46. The highest BCUT2D eigenvalue weighted by Gasteiger charge is 2.53. The lowest BCUT2D eigenvalue weighted by molar-refractivity contribution is -0.385. The Labute approximate surface area is 181 Å². The van der Waals surface area contributed by atoms with Gasteiger partial charge in [-0.1, -0.05) is 12.1 Å². The quantitative estimate of drug-likeness (QED) is 0.369. The minimum atomic E-state index is -0.462. The zero-order valence-corrected chi connectivity index (χ0v) is 17.7. The molecule has 4 fully saturated rings. The van der Waals surface area contributed by atoms with Crippen LogP contribution in [0.5, 0.6) is 5.75 Å². The Bertz CT molecular complexity index is 1020. The molecule has 1 heterocycles. The maximum Gasteiger partial charge on any atom is 0.307 e. The molecule has 7 heteroatoms. The van der Waals surface area contributed by atoms with E-state index in [1.807, 2.05) is 24.3 Å². The summed E-state index contributed by atoms with van der Waals surface area (Å²) in [5, 5.41) is 15.0. The van der Waals surface area contributed by atoms with Crippen molar-refractivity contribution in [3.8, 4) is 5.75 Å². The number of ether oxygens (including phenoxy) is 1. The Hall–Kier alpha value is -2.96. The van der Waals surface area contributed by atoms with Crippen LogP contribution in [0.1, 0.15) is 49.7 Å². The summed E-state index contributed by atoms with van der Waals surface area (Å²) in [6.45, 7) is 0.349. The van der Waals surface area contributed by atoms with E-state index in [1.54, 1.807) is 13.2 Å². The topological polar surface area (TPSA) is 87.3 Å². The van der Waals surface area contributed by atoms with Gasteiger partial charge in [0, 0.05) is 11.0 Å². The molecule has 0 spiro atoms. The number of hydrogen-bond acceptors (Lipinski definition) is 5. The largest absolute Gasteiger partial charge is 0.496 e. The predicted octanol–water partition coefficient (Wildman–Crippen LogP) is 4.65. The zero-order valence-electron chi connectivity index (χ0n) is 17.7. The SMILES string of the molecule is COc1ccc(C=CC(=O)C23CC4CC(CC(C4)C2)C3)cc1Cn1cc([N+](=O)[O-])cn1. The van der Waals surface area contributed by atoms with E-state index in [1.165, 1.54) is 36.3 Å². The van der Waals surface area contributed by atoms with Gasteiger partial charge in [0.05, 0.1) is 18.6 Å². The highest BCUT2D eigenvalue weighted by atomic mass is 16.6. The van der Waals surface area contributed by atoms with E-state index in [0.29, 0.717) is 12.3 Å². The van der Waals surface area contributed by atoms with E-state index in [9.17, 15) is 14.9 Å². The van der Waals surface area contributed by atoms with Gasteiger partial charge >= 0.3 is 5.69 Å². The number of nitrogens with zero attached hydrogens (tertiary/aromatic N) is 3. The van der Waals surface area contributed by atoms with Crippen molar-refractivity contribution in [2.75, 3.05) is 7.11 Å². The highest BCUT2D eigenvalue weighted by Crippen LogP contribution is 2.60. The molecule has 1 aromatic heterocycles. The van der Waals surface area contributed by atoms with Gasteiger partial charge in [-0.3, -0.25) is 19.6 Å². The maximum atomic E-state index is 13.2. The van der Waals surface area contributed by atoms with Crippen molar-refractivity contribution in [3.63, 3.8) is 0 Å². The fourth-order valence-electron chi connectivity index (χ4n) is 6.49. The van der Waals surface area contributed by atoms with Crippen molar-refractivity contribution in [1.29, 1.82) is 0 Å². The molecule has 0 N–H and O–H groups in total. The number of benzene rings is 1. The molecular formula is C24H27N3O4. The normalized spacial score (nSPS) is 28.9. The minimum absolute atomic E-state index is 0.0452. The van der Waals surface area contributed by atoms with Gasteiger partial charge < -0.3 is 4.74 Å². The second kappa shape index (κ2) is 7.62. The van der Waals surface area contributed by atoms with Crippen LogP contribution in [0.2, 0.25) is 0 Å². The Balaban J connectivity index is 1.34. The van der Waals surface area contributed by atoms with Crippen LogP contribution in [0.3, 0.4) is 0 Å². The number of carbonyl (C=O) groups excluding carboxylic acids is 1. The van der Waals surface area contributed by atoms with E-state index in [2.05, 4.69) is 5.10 Å². The van der Waals surface area contributed by atoms with E-state index < -0.39 is 4.92 Å². The Morgan fingerprint density at radius 3 is 2.52 bits per heavy atom. The highest BCUT2D eigenvalue weighted by molar-refractivity contribution is 5.98. The minimum Gasteiger partial charge on any atom is -0.496 e. The molecule has 4 bridgehead atoms. The molecule has 0 saturated heterocycles. The molecule has 162 valence electrons.